The second-order valence-electron chi connectivity index (χ2n) is 10.3. The highest BCUT2D eigenvalue weighted by molar-refractivity contribution is 6.25. The summed E-state index contributed by atoms with van der Waals surface area (Å²) in [5, 5.41) is 45.6. The van der Waals surface area contributed by atoms with Crippen molar-refractivity contribution >= 4 is 23.7 Å². The highest BCUT2D eigenvalue weighted by Gasteiger charge is 2.72. The molecular weight excluding hydrogens is 566 g/mol. The van der Waals surface area contributed by atoms with Crippen molar-refractivity contribution in [3.8, 4) is 0 Å². The molecule has 0 aromatic rings. The van der Waals surface area contributed by atoms with Crippen LogP contribution in [-0.4, -0.2) is 136 Å². The number of methoxy groups -OCH3 is 1. The van der Waals surface area contributed by atoms with E-state index in [4.69, 9.17) is 30.8 Å². The second kappa shape index (κ2) is 11.5. The lowest BCUT2D eigenvalue weighted by Crippen LogP contribution is -2.64. The molecule has 10 N–H and O–H groups in total. The van der Waals surface area contributed by atoms with E-state index in [-0.39, 0.29) is 41.3 Å². The number of rotatable bonds is 6. The summed E-state index contributed by atoms with van der Waals surface area (Å²) in [6, 6.07) is -2.22. The number of allylic oxidation sites excluding steroid dienone is 2. The smallest absolute Gasteiger partial charge is 0.404 e. The Hall–Kier alpha value is -3.72. The number of nitrogens with two attached hydrogens (primary N) is 2. The van der Waals surface area contributed by atoms with Gasteiger partial charge in [0.25, 0.3) is 0 Å². The van der Waals surface area contributed by atoms with Crippen molar-refractivity contribution in [2.45, 2.75) is 55.4 Å². The van der Waals surface area contributed by atoms with Crippen LogP contribution in [0.5, 0.6) is 0 Å². The van der Waals surface area contributed by atoms with E-state index in [1.54, 1.807) is 0 Å². The number of urea groups is 1. The Kier molecular flexibility index (Phi) is 8.56. The third-order valence-corrected chi connectivity index (χ3v) is 8.08. The largest absolute Gasteiger partial charge is 0.449 e. The quantitative estimate of drug-likeness (QED) is 0.0617. The first kappa shape index (κ1) is 31.2. The number of nitrogens with zero attached hydrogens (tertiary/aromatic N) is 3. The number of hydrogen-bond acceptors (Lipinski definition) is 16. The summed E-state index contributed by atoms with van der Waals surface area (Å²) in [7, 11) is 2.58. The van der Waals surface area contributed by atoms with E-state index in [2.05, 4.69) is 15.9 Å². The molecule has 0 aromatic heterocycles. The van der Waals surface area contributed by atoms with Crippen molar-refractivity contribution in [2.75, 3.05) is 33.9 Å². The fourth-order valence-electron chi connectivity index (χ4n) is 5.84. The zero-order valence-corrected chi connectivity index (χ0v) is 22.8. The van der Waals surface area contributed by atoms with E-state index < -0.39 is 66.8 Å². The molecule has 0 aromatic carbocycles. The summed E-state index contributed by atoms with van der Waals surface area (Å²) in [6.45, 7) is 1.31. The van der Waals surface area contributed by atoms with Crippen LogP contribution < -0.4 is 22.1 Å². The van der Waals surface area contributed by atoms with Gasteiger partial charge in [-0.2, -0.15) is 5.01 Å². The summed E-state index contributed by atoms with van der Waals surface area (Å²) < 4.78 is 15.6. The van der Waals surface area contributed by atoms with Gasteiger partial charge in [-0.15, -0.1) is 4.91 Å². The number of nitrogens with one attached hydrogen (secondary N) is 2. The number of carbonyl (C=O) groups excluding carboxylic acids is 4. The van der Waals surface area contributed by atoms with Crippen molar-refractivity contribution in [2.24, 2.45) is 22.7 Å². The van der Waals surface area contributed by atoms with E-state index in [9.17, 15) is 39.4 Å². The normalized spacial score (nSPS) is 36.4. The number of carbonyl (C=O) groups is 4. The molecule has 5 aliphatic rings. The summed E-state index contributed by atoms with van der Waals surface area (Å²) >= 11 is 0. The molecule has 9 atom stereocenters. The van der Waals surface area contributed by atoms with Gasteiger partial charge >= 0.3 is 12.1 Å². The molecule has 19 heteroatoms. The van der Waals surface area contributed by atoms with Crippen LogP contribution in [0.15, 0.2) is 27.8 Å². The van der Waals surface area contributed by atoms with Gasteiger partial charge < -0.3 is 61.6 Å². The van der Waals surface area contributed by atoms with Crippen LogP contribution in [0.3, 0.4) is 0 Å². The molecular formula is C23H33N7O12. The highest BCUT2D eigenvalue weighted by Crippen LogP contribution is 2.55. The molecule has 19 nitrogen and oxygen atoms in total. The van der Waals surface area contributed by atoms with Crippen LogP contribution in [0, 0.1) is 10.8 Å². The molecule has 0 bridgehead atoms. The number of aliphatic hydroxyl groups excluding tert-OH is 4. The van der Waals surface area contributed by atoms with Crippen LogP contribution in [-0.2, 0) is 23.8 Å². The zero-order chi connectivity index (χ0) is 31.3. The predicted octanol–water partition coefficient (Wildman–Crippen LogP) is -4.54. The van der Waals surface area contributed by atoms with Gasteiger partial charge in [-0.3, -0.25) is 9.59 Å². The van der Waals surface area contributed by atoms with Crippen LogP contribution in [0.2, 0.25) is 0 Å². The monoisotopic (exact) mass is 599 g/mol. The maximum Gasteiger partial charge on any atom is 0.404 e. The molecule has 0 spiro atoms. The number of amides is 3. The Morgan fingerprint density at radius 2 is 1.93 bits per heavy atom. The number of ketones is 2. The number of primary amides is 1. The first-order valence-corrected chi connectivity index (χ1v) is 12.8. The number of aliphatic hydroxyl groups is 4. The molecule has 3 fully saturated rings. The predicted molar refractivity (Wildman–Crippen MR) is 136 cm³/mol. The van der Waals surface area contributed by atoms with Gasteiger partial charge in [0.1, 0.15) is 31.0 Å². The van der Waals surface area contributed by atoms with Gasteiger partial charge in [0.05, 0.1) is 35.2 Å². The average Bonchev–Trinajstić information content (AvgIpc) is 3.58. The maximum atomic E-state index is 12.8. The van der Waals surface area contributed by atoms with Crippen molar-refractivity contribution in [1.82, 2.24) is 20.5 Å². The summed E-state index contributed by atoms with van der Waals surface area (Å²) in [5.41, 5.74) is 10.7. The number of Topliss-reactive ketones (excluding diaryl/α,β-unsaturated/α-hetero) is 2. The van der Waals surface area contributed by atoms with Gasteiger partial charge in [-0.1, -0.05) is 0 Å². The van der Waals surface area contributed by atoms with Gasteiger partial charge in [0.15, 0.2) is 12.0 Å². The first-order chi connectivity index (χ1) is 19.8. The van der Waals surface area contributed by atoms with Gasteiger partial charge in [0, 0.05) is 37.9 Å². The molecule has 3 saturated heterocycles. The molecule has 0 unspecified atom stereocenters. The second-order valence-corrected chi connectivity index (χ2v) is 10.3. The van der Waals surface area contributed by atoms with Crippen molar-refractivity contribution in [1.29, 1.82) is 0 Å². The van der Waals surface area contributed by atoms with E-state index in [0.717, 1.165) is 7.05 Å². The fraction of sp³-hybridized carbons (Fsp3) is 0.652. The molecule has 3 amide bonds. The number of ether oxygens (including phenoxy) is 3. The number of nitroso groups, excluding NO2 is 1. The van der Waals surface area contributed by atoms with E-state index >= 15 is 0 Å². The standard InChI is InChI=1S/C15H18N4O5.C8H15N3O7/c1-5-9(16)12(21)8-6(4-24-14(17)22)15(23-2)13-7(18-13)3-19(15)10(8)11(5)20;1-11(10-17)8(16)9-4-6(14)5(13)3(2-12)18-7(4)15/h6-7,13,18H,3-4,16H2,1-2H3,(H2,17,22);3-7,12-15H,2H2,1H3,(H,9,16)/t6-,7+,13+,15-;3-,4-,5-,6-,7+/m11/s1. The topological polar surface area (TPSA) is 299 Å². The number of hydrogen-bond donors (Lipinski definition) is 8. The summed E-state index contributed by atoms with van der Waals surface area (Å²) in [4.78, 5) is 59.8. The van der Waals surface area contributed by atoms with Crippen molar-refractivity contribution in [3.05, 3.63) is 27.4 Å². The van der Waals surface area contributed by atoms with E-state index in [1.807, 2.05) is 4.90 Å². The van der Waals surface area contributed by atoms with Crippen LogP contribution in [0.25, 0.3) is 0 Å². The first-order valence-electron chi connectivity index (χ1n) is 12.8. The summed E-state index contributed by atoms with van der Waals surface area (Å²) in [5.74, 6) is -1.34. The Bertz CT molecular complexity index is 1240. The van der Waals surface area contributed by atoms with E-state index in [0.29, 0.717) is 17.3 Å². The van der Waals surface area contributed by atoms with Crippen LogP contribution in [0.1, 0.15) is 6.92 Å². The molecule has 4 heterocycles. The lowest BCUT2D eigenvalue weighted by atomic mass is 9.82. The van der Waals surface area contributed by atoms with Crippen molar-refractivity contribution < 1.29 is 53.8 Å². The Labute approximate surface area is 237 Å². The SMILES string of the molecule is CN(N=O)C(=O)N[C@@H]1[C@@H](O)[C@H](O)[C@@H](CO)O[C@@H]1O.CO[C@@]12[C@H](COC(N)=O)C3=C(C(=O)C(C)=C(N)C3=O)N1C[C@@H]1N[C@@H]12. The molecule has 4 aliphatic heterocycles. The molecule has 0 saturated carbocycles. The molecule has 0 radical (unpaired) electrons. The van der Waals surface area contributed by atoms with Crippen LogP contribution >= 0.6 is 0 Å². The Morgan fingerprint density at radius 3 is 2.50 bits per heavy atom. The average molecular weight is 600 g/mol. The summed E-state index contributed by atoms with van der Waals surface area (Å²) in [6.07, 6.45) is -6.79. The molecule has 42 heavy (non-hydrogen) atoms. The number of piperazine rings is 1. The lowest BCUT2D eigenvalue weighted by Gasteiger charge is -2.40. The van der Waals surface area contributed by atoms with Gasteiger partial charge in [-0.25, -0.2) is 9.59 Å². The van der Waals surface area contributed by atoms with Gasteiger partial charge in [0.2, 0.25) is 11.6 Å². The van der Waals surface area contributed by atoms with Gasteiger partial charge in [-0.05, 0) is 6.92 Å². The third kappa shape index (κ3) is 4.87. The molecule has 232 valence electrons. The fourth-order valence-corrected chi connectivity index (χ4v) is 5.84. The molecule has 1 aliphatic carbocycles. The Morgan fingerprint density at radius 1 is 1.26 bits per heavy atom. The Balaban J connectivity index is 0.000000202. The molecule has 5 rings (SSSR count). The highest BCUT2D eigenvalue weighted by atomic mass is 16.6. The lowest BCUT2D eigenvalue weighted by molar-refractivity contribution is -0.252. The number of fused-ring (bicyclic) bond motifs is 4. The minimum absolute atomic E-state index is 0.0586. The third-order valence-electron chi connectivity index (χ3n) is 8.08. The minimum atomic E-state index is -1.63. The van der Waals surface area contributed by atoms with Crippen molar-refractivity contribution in [3.63, 3.8) is 0 Å². The van der Waals surface area contributed by atoms with E-state index in [1.165, 1.54) is 14.0 Å². The minimum Gasteiger partial charge on any atom is -0.449 e. The zero-order valence-electron chi connectivity index (χ0n) is 22.8. The van der Waals surface area contributed by atoms with Crippen LogP contribution in [0.4, 0.5) is 9.59 Å². The maximum absolute atomic E-state index is 12.8.